The lowest BCUT2D eigenvalue weighted by molar-refractivity contribution is -0.119. The van der Waals surface area contributed by atoms with Crippen LogP contribution in [0.1, 0.15) is 20.3 Å². The molecule has 2 unspecified atom stereocenters. The van der Waals surface area contributed by atoms with Crippen LogP contribution >= 0.6 is 12.4 Å². The fourth-order valence-corrected chi connectivity index (χ4v) is 2.82. The van der Waals surface area contributed by atoms with Crippen LogP contribution in [0, 0.1) is 5.92 Å². The van der Waals surface area contributed by atoms with Crippen molar-refractivity contribution < 1.29 is 4.79 Å². The third-order valence-corrected chi connectivity index (χ3v) is 4.10. The summed E-state index contributed by atoms with van der Waals surface area (Å²) in [6.45, 7) is 7.18. The molecule has 0 radical (unpaired) electrons. The summed E-state index contributed by atoms with van der Waals surface area (Å²) in [6.07, 6.45) is 1.10. The minimum atomic E-state index is 0. The van der Waals surface area contributed by atoms with E-state index in [9.17, 15) is 4.79 Å². The number of halogens is 1. The Labute approximate surface area is 133 Å². The number of carbonyl (C=O) groups excluding carboxylic acids is 1. The maximum atomic E-state index is 12.5. The molecule has 21 heavy (non-hydrogen) atoms. The summed E-state index contributed by atoms with van der Waals surface area (Å²) < 4.78 is 0. The van der Waals surface area contributed by atoms with Crippen LogP contribution < -0.4 is 10.6 Å². The van der Waals surface area contributed by atoms with Crippen LogP contribution in [-0.4, -0.2) is 43.0 Å². The van der Waals surface area contributed by atoms with Gasteiger partial charge in [0, 0.05) is 24.8 Å². The number of hydrogen-bond acceptors (Lipinski definition) is 3. The molecule has 1 saturated heterocycles. The number of rotatable bonds is 5. The predicted octanol–water partition coefficient (Wildman–Crippen LogP) is 2.13. The van der Waals surface area contributed by atoms with E-state index in [1.807, 2.05) is 42.2 Å². The van der Waals surface area contributed by atoms with E-state index in [0.717, 1.165) is 25.2 Å². The molecule has 2 rings (SSSR count). The van der Waals surface area contributed by atoms with Gasteiger partial charge in [-0.15, -0.1) is 12.4 Å². The van der Waals surface area contributed by atoms with E-state index in [4.69, 9.17) is 5.73 Å². The lowest BCUT2D eigenvalue weighted by Gasteiger charge is -2.24. The van der Waals surface area contributed by atoms with Gasteiger partial charge >= 0.3 is 0 Å². The molecule has 2 N–H and O–H groups in total. The first-order valence-corrected chi connectivity index (χ1v) is 7.45. The maximum absolute atomic E-state index is 12.5. The number of nitrogens with zero attached hydrogens (tertiary/aromatic N) is 2. The smallest absolute Gasteiger partial charge is 0.241 e. The highest BCUT2D eigenvalue weighted by atomic mass is 35.5. The summed E-state index contributed by atoms with van der Waals surface area (Å²) in [6, 6.07) is 10.1. The molecule has 1 heterocycles. The van der Waals surface area contributed by atoms with Gasteiger partial charge in [-0.2, -0.15) is 0 Å². The van der Waals surface area contributed by atoms with Crippen LogP contribution in [-0.2, 0) is 4.79 Å². The second-order valence-electron chi connectivity index (χ2n) is 5.62. The van der Waals surface area contributed by atoms with E-state index in [1.165, 1.54) is 0 Å². The number of hydrogen-bond donors (Lipinski definition) is 1. The Kier molecular flexibility index (Phi) is 7.15. The summed E-state index contributed by atoms with van der Waals surface area (Å²) in [5, 5.41) is 0. The highest BCUT2D eigenvalue weighted by Crippen LogP contribution is 2.19. The van der Waals surface area contributed by atoms with E-state index in [0.29, 0.717) is 19.0 Å². The lowest BCUT2D eigenvalue weighted by Crippen LogP contribution is -2.40. The van der Waals surface area contributed by atoms with Gasteiger partial charge in [0.15, 0.2) is 0 Å². The van der Waals surface area contributed by atoms with Crippen molar-refractivity contribution in [3.8, 4) is 0 Å². The number of para-hydroxylation sites is 1. The van der Waals surface area contributed by atoms with Gasteiger partial charge in [0.05, 0.1) is 6.54 Å². The number of nitrogens with two attached hydrogens (primary N) is 1. The number of carbonyl (C=O) groups is 1. The zero-order chi connectivity index (χ0) is 14.5. The quantitative estimate of drug-likeness (QED) is 0.906. The highest BCUT2D eigenvalue weighted by molar-refractivity contribution is 5.94. The molecule has 0 bridgehead atoms. The molecule has 0 saturated carbocycles. The van der Waals surface area contributed by atoms with Crippen molar-refractivity contribution in [2.45, 2.75) is 26.3 Å². The van der Waals surface area contributed by atoms with Crippen molar-refractivity contribution in [3.05, 3.63) is 30.3 Å². The SMILES string of the molecule is CCN(C(=O)CN1CCC(C(C)N)C1)c1ccccc1.Cl. The van der Waals surface area contributed by atoms with Crippen LogP contribution in [0.25, 0.3) is 0 Å². The van der Waals surface area contributed by atoms with Gasteiger partial charge in [-0.3, -0.25) is 9.69 Å². The molecule has 1 aromatic rings. The number of likely N-dealkylation sites (N-methyl/N-ethyl adjacent to an activating group) is 1. The molecule has 0 aromatic heterocycles. The van der Waals surface area contributed by atoms with Crippen LogP contribution in [0.3, 0.4) is 0 Å². The molecule has 1 fully saturated rings. The fraction of sp³-hybridized carbons (Fsp3) is 0.562. The molecule has 1 amide bonds. The van der Waals surface area contributed by atoms with Gasteiger partial charge < -0.3 is 10.6 Å². The predicted molar refractivity (Wildman–Crippen MR) is 89.9 cm³/mol. The lowest BCUT2D eigenvalue weighted by atomic mass is 10.0. The van der Waals surface area contributed by atoms with Gasteiger partial charge in [0.1, 0.15) is 0 Å². The van der Waals surface area contributed by atoms with Gasteiger partial charge in [0.2, 0.25) is 5.91 Å². The summed E-state index contributed by atoms with van der Waals surface area (Å²) in [5.41, 5.74) is 6.92. The molecular formula is C16H26ClN3O. The molecule has 4 nitrogen and oxygen atoms in total. The Morgan fingerprint density at radius 3 is 2.62 bits per heavy atom. The van der Waals surface area contributed by atoms with E-state index in [1.54, 1.807) is 0 Å². The van der Waals surface area contributed by atoms with E-state index in [-0.39, 0.29) is 24.4 Å². The summed E-state index contributed by atoms with van der Waals surface area (Å²) in [5.74, 6) is 0.693. The van der Waals surface area contributed by atoms with Crippen molar-refractivity contribution in [2.24, 2.45) is 11.7 Å². The Hall–Kier alpha value is -1.10. The monoisotopic (exact) mass is 311 g/mol. The van der Waals surface area contributed by atoms with Crippen LogP contribution in [0.15, 0.2) is 30.3 Å². The van der Waals surface area contributed by atoms with Crippen LogP contribution in [0.5, 0.6) is 0 Å². The van der Waals surface area contributed by atoms with Crippen molar-refractivity contribution >= 4 is 24.0 Å². The topological polar surface area (TPSA) is 49.6 Å². The normalized spacial score (nSPS) is 19.9. The third kappa shape index (κ3) is 4.70. The average molecular weight is 312 g/mol. The first-order valence-electron chi connectivity index (χ1n) is 7.45. The van der Waals surface area contributed by atoms with Gasteiger partial charge in [-0.05, 0) is 44.9 Å². The zero-order valence-electron chi connectivity index (χ0n) is 12.9. The first kappa shape index (κ1) is 18.0. The van der Waals surface area contributed by atoms with Crippen molar-refractivity contribution in [3.63, 3.8) is 0 Å². The Bertz CT molecular complexity index is 438. The number of amides is 1. The molecule has 5 heteroatoms. The Morgan fingerprint density at radius 2 is 2.10 bits per heavy atom. The standard InChI is InChI=1S/C16H25N3O.ClH/c1-3-19(15-7-5-4-6-8-15)16(20)12-18-10-9-14(11-18)13(2)17;/h4-8,13-14H,3,9-12,17H2,1-2H3;1H. The summed E-state index contributed by atoms with van der Waals surface area (Å²) in [7, 11) is 0. The molecule has 1 aliphatic heterocycles. The number of anilines is 1. The summed E-state index contributed by atoms with van der Waals surface area (Å²) in [4.78, 5) is 16.5. The Balaban J connectivity index is 0.00000220. The van der Waals surface area contributed by atoms with E-state index in [2.05, 4.69) is 11.8 Å². The van der Waals surface area contributed by atoms with Gasteiger partial charge in [-0.1, -0.05) is 18.2 Å². The van der Waals surface area contributed by atoms with Gasteiger partial charge in [0.25, 0.3) is 0 Å². The minimum Gasteiger partial charge on any atom is -0.328 e. The maximum Gasteiger partial charge on any atom is 0.241 e. The van der Waals surface area contributed by atoms with Crippen molar-refractivity contribution in [1.29, 1.82) is 0 Å². The fourth-order valence-electron chi connectivity index (χ4n) is 2.82. The second kappa shape index (κ2) is 8.37. The first-order chi connectivity index (χ1) is 9.61. The minimum absolute atomic E-state index is 0. The number of likely N-dealkylation sites (tertiary alicyclic amines) is 1. The largest absolute Gasteiger partial charge is 0.328 e. The summed E-state index contributed by atoms with van der Waals surface area (Å²) >= 11 is 0. The zero-order valence-corrected chi connectivity index (χ0v) is 13.7. The molecule has 118 valence electrons. The highest BCUT2D eigenvalue weighted by Gasteiger charge is 2.27. The van der Waals surface area contributed by atoms with Crippen LogP contribution in [0.2, 0.25) is 0 Å². The second-order valence-corrected chi connectivity index (χ2v) is 5.62. The van der Waals surface area contributed by atoms with Gasteiger partial charge in [-0.25, -0.2) is 0 Å². The van der Waals surface area contributed by atoms with E-state index < -0.39 is 0 Å². The van der Waals surface area contributed by atoms with E-state index >= 15 is 0 Å². The molecule has 0 aliphatic carbocycles. The molecule has 1 aliphatic rings. The molecule has 0 spiro atoms. The Morgan fingerprint density at radius 1 is 1.43 bits per heavy atom. The molecular weight excluding hydrogens is 286 g/mol. The van der Waals surface area contributed by atoms with Crippen LogP contribution in [0.4, 0.5) is 5.69 Å². The van der Waals surface area contributed by atoms with Crippen molar-refractivity contribution in [2.75, 3.05) is 31.1 Å². The third-order valence-electron chi connectivity index (χ3n) is 4.10. The molecule has 2 atom stereocenters. The number of benzene rings is 1. The van der Waals surface area contributed by atoms with Crippen molar-refractivity contribution in [1.82, 2.24) is 4.90 Å². The molecule has 1 aromatic carbocycles. The average Bonchev–Trinajstić information content (AvgIpc) is 2.89.